The second-order valence-corrected chi connectivity index (χ2v) is 3.47. The fourth-order valence-corrected chi connectivity index (χ4v) is 1.66. The summed E-state index contributed by atoms with van der Waals surface area (Å²) in [5.74, 6) is -1.10. The maximum Gasteiger partial charge on any atom is 0.337 e. The second-order valence-electron chi connectivity index (χ2n) is 3.47. The minimum atomic E-state index is -1.10. The standard InChI is InChI=1S/C10H11N3O3/c11-6-1-2-8(7(5-6)9(14)15)13-4-3-12-10(13)16/h1-2,5H,3-4,11H2,(H,12,16)(H,14,15). The molecule has 0 spiro atoms. The number of anilines is 2. The SMILES string of the molecule is Nc1ccc(N2CCNC2=O)c(C(=O)O)c1. The highest BCUT2D eigenvalue weighted by molar-refractivity contribution is 6.03. The van der Waals surface area contributed by atoms with E-state index >= 15 is 0 Å². The van der Waals surface area contributed by atoms with Crippen LogP contribution in [-0.4, -0.2) is 30.2 Å². The quantitative estimate of drug-likeness (QED) is 0.633. The van der Waals surface area contributed by atoms with Crippen LogP contribution in [0.2, 0.25) is 0 Å². The van der Waals surface area contributed by atoms with Gasteiger partial charge < -0.3 is 16.2 Å². The van der Waals surface area contributed by atoms with Crippen LogP contribution in [0.25, 0.3) is 0 Å². The first-order valence-electron chi connectivity index (χ1n) is 4.78. The lowest BCUT2D eigenvalue weighted by atomic mass is 10.1. The van der Waals surface area contributed by atoms with Crippen molar-refractivity contribution in [3.8, 4) is 0 Å². The molecule has 2 rings (SSSR count). The molecule has 0 atom stereocenters. The number of hydrogen-bond acceptors (Lipinski definition) is 3. The molecule has 1 saturated heterocycles. The first-order valence-corrected chi connectivity index (χ1v) is 4.78. The van der Waals surface area contributed by atoms with Gasteiger partial charge in [-0.1, -0.05) is 0 Å². The lowest BCUT2D eigenvalue weighted by Crippen LogP contribution is -2.29. The van der Waals surface area contributed by atoms with Gasteiger partial charge in [-0.15, -0.1) is 0 Å². The second kappa shape index (κ2) is 3.73. The van der Waals surface area contributed by atoms with E-state index in [1.54, 1.807) is 12.1 Å². The van der Waals surface area contributed by atoms with E-state index in [9.17, 15) is 9.59 Å². The number of carbonyl (C=O) groups is 2. The van der Waals surface area contributed by atoms with Gasteiger partial charge >= 0.3 is 12.0 Å². The maximum atomic E-state index is 11.4. The molecule has 6 nitrogen and oxygen atoms in total. The molecule has 6 heteroatoms. The molecule has 0 radical (unpaired) electrons. The van der Waals surface area contributed by atoms with Crippen LogP contribution in [-0.2, 0) is 0 Å². The number of urea groups is 1. The molecule has 4 N–H and O–H groups in total. The van der Waals surface area contributed by atoms with Crippen molar-refractivity contribution in [3.05, 3.63) is 23.8 Å². The van der Waals surface area contributed by atoms with Crippen LogP contribution in [0.5, 0.6) is 0 Å². The van der Waals surface area contributed by atoms with E-state index in [0.29, 0.717) is 24.5 Å². The van der Waals surface area contributed by atoms with Crippen molar-refractivity contribution in [1.29, 1.82) is 0 Å². The normalized spacial score (nSPS) is 15.0. The number of aromatic carboxylic acids is 1. The third kappa shape index (κ3) is 1.65. The number of carboxylic acid groups (broad SMARTS) is 1. The number of hydrogen-bond donors (Lipinski definition) is 3. The Kier molecular flexibility index (Phi) is 2.40. The fraction of sp³-hybridized carbons (Fsp3) is 0.200. The molecule has 16 heavy (non-hydrogen) atoms. The molecule has 1 aliphatic heterocycles. The molecule has 0 aliphatic carbocycles. The molecule has 0 bridgehead atoms. The molecule has 1 aromatic rings. The van der Waals surface area contributed by atoms with Gasteiger partial charge in [0.2, 0.25) is 0 Å². The summed E-state index contributed by atoms with van der Waals surface area (Å²) >= 11 is 0. The number of nitrogens with two attached hydrogens (primary N) is 1. The highest BCUT2D eigenvalue weighted by Gasteiger charge is 2.25. The van der Waals surface area contributed by atoms with Gasteiger partial charge in [0.1, 0.15) is 0 Å². The Morgan fingerprint density at radius 1 is 1.50 bits per heavy atom. The zero-order valence-electron chi connectivity index (χ0n) is 8.43. The van der Waals surface area contributed by atoms with E-state index in [1.165, 1.54) is 11.0 Å². The molecule has 0 saturated carbocycles. The predicted molar refractivity (Wildman–Crippen MR) is 58.6 cm³/mol. The summed E-state index contributed by atoms with van der Waals surface area (Å²) in [4.78, 5) is 23.8. The van der Waals surface area contributed by atoms with E-state index in [1.807, 2.05) is 0 Å². The molecule has 1 aliphatic rings. The average molecular weight is 221 g/mol. The van der Waals surface area contributed by atoms with Crippen LogP contribution in [0.15, 0.2) is 18.2 Å². The van der Waals surface area contributed by atoms with Gasteiger partial charge in [0.25, 0.3) is 0 Å². The zero-order valence-corrected chi connectivity index (χ0v) is 8.43. The number of nitrogens with zero attached hydrogens (tertiary/aromatic N) is 1. The van der Waals surface area contributed by atoms with Crippen LogP contribution >= 0.6 is 0 Å². The number of amides is 2. The number of benzene rings is 1. The summed E-state index contributed by atoms with van der Waals surface area (Å²) in [5.41, 5.74) is 6.29. The highest BCUT2D eigenvalue weighted by atomic mass is 16.4. The number of carbonyl (C=O) groups excluding carboxylic acids is 1. The van der Waals surface area contributed by atoms with Crippen molar-refractivity contribution in [2.45, 2.75) is 0 Å². The van der Waals surface area contributed by atoms with E-state index in [-0.39, 0.29) is 11.6 Å². The topological polar surface area (TPSA) is 95.7 Å². The first-order chi connectivity index (χ1) is 7.59. The molecule has 1 aromatic carbocycles. The summed E-state index contributed by atoms with van der Waals surface area (Å²) < 4.78 is 0. The third-order valence-corrected chi connectivity index (χ3v) is 2.40. The van der Waals surface area contributed by atoms with Crippen LogP contribution < -0.4 is 16.0 Å². The minimum Gasteiger partial charge on any atom is -0.478 e. The minimum absolute atomic E-state index is 0.0389. The van der Waals surface area contributed by atoms with E-state index < -0.39 is 5.97 Å². The first kappa shape index (κ1) is 10.3. The average Bonchev–Trinajstić information content (AvgIpc) is 2.64. The van der Waals surface area contributed by atoms with Crippen molar-refractivity contribution in [2.75, 3.05) is 23.7 Å². The van der Waals surface area contributed by atoms with Crippen LogP contribution in [0, 0.1) is 0 Å². The van der Waals surface area contributed by atoms with Gasteiger partial charge in [-0.2, -0.15) is 0 Å². The predicted octanol–water partition coefficient (Wildman–Crippen LogP) is 0.497. The summed E-state index contributed by atoms with van der Waals surface area (Å²) in [6, 6.07) is 4.19. The number of rotatable bonds is 2. The van der Waals surface area contributed by atoms with E-state index in [0.717, 1.165) is 0 Å². The Morgan fingerprint density at radius 2 is 2.25 bits per heavy atom. The number of nitrogens with one attached hydrogen (secondary N) is 1. The van der Waals surface area contributed by atoms with Gasteiger partial charge in [0.15, 0.2) is 0 Å². The third-order valence-electron chi connectivity index (χ3n) is 2.40. The Balaban J connectivity index is 2.47. The zero-order chi connectivity index (χ0) is 11.7. The molecule has 0 unspecified atom stereocenters. The smallest absolute Gasteiger partial charge is 0.337 e. The Hall–Kier alpha value is -2.24. The monoisotopic (exact) mass is 221 g/mol. The van der Waals surface area contributed by atoms with Crippen LogP contribution in [0.1, 0.15) is 10.4 Å². The molecule has 1 fully saturated rings. The molecule has 0 aromatic heterocycles. The highest BCUT2D eigenvalue weighted by Crippen LogP contribution is 2.24. The summed E-state index contributed by atoms with van der Waals surface area (Å²) in [7, 11) is 0. The van der Waals surface area contributed by atoms with Crippen molar-refractivity contribution >= 4 is 23.4 Å². The van der Waals surface area contributed by atoms with Gasteiger partial charge in [0, 0.05) is 18.8 Å². The lowest BCUT2D eigenvalue weighted by molar-refractivity contribution is 0.0698. The van der Waals surface area contributed by atoms with E-state index in [2.05, 4.69) is 5.32 Å². The van der Waals surface area contributed by atoms with Crippen LogP contribution in [0.4, 0.5) is 16.2 Å². The molecule has 1 heterocycles. The van der Waals surface area contributed by atoms with Crippen molar-refractivity contribution in [1.82, 2.24) is 5.32 Å². The number of carboxylic acids is 1. The Labute approximate surface area is 91.7 Å². The summed E-state index contributed by atoms with van der Waals surface area (Å²) in [5, 5.41) is 11.6. The number of nitrogen functional groups attached to an aromatic ring is 1. The molecule has 2 amide bonds. The van der Waals surface area contributed by atoms with Gasteiger partial charge in [0.05, 0.1) is 11.3 Å². The van der Waals surface area contributed by atoms with Crippen LogP contribution in [0.3, 0.4) is 0 Å². The summed E-state index contributed by atoms with van der Waals surface area (Å²) in [6.45, 7) is 0.977. The van der Waals surface area contributed by atoms with Crippen molar-refractivity contribution in [3.63, 3.8) is 0 Å². The van der Waals surface area contributed by atoms with E-state index in [4.69, 9.17) is 10.8 Å². The molecule has 84 valence electrons. The molecular weight excluding hydrogens is 210 g/mol. The van der Waals surface area contributed by atoms with Crippen molar-refractivity contribution < 1.29 is 14.7 Å². The fourth-order valence-electron chi connectivity index (χ4n) is 1.66. The summed E-state index contributed by atoms with van der Waals surface area (Å²) in [6.07, 6.45) is 0. The largest absolute Gasteiger partial charge is 0.478 e. The van der Waals surface area contributed by atoms with Gasteiger partial charge in [-0.3, -0.25) is 4.90 Å². The lowest BCUT2D eigenvalue weighted by Gasteiger charge is -2.16. The van der Waals surface area contributed by atoms with Crippen molar-refractivity contribution in [2.24, 2.45) is 0 Å². The molecular formula is C10H11N3O3. The Morgan fingerprint density at radius 3 is 2.81 bits per heavy atom. The van der Waals surface area contributed by atoms with Gasteiger partial charge in [-0.25, -0.2) is 9.59 Å². The van der Waals surface area contributed by atoms with Gasteiger partial charge in [-0.05, 0) is 18.2 Å². The maximum absolute atomic E-state index is 11.4. The Bertz CT molecular complexity index is 459.